The summed E-state index contributed by atoms with van der Waals surface area (Å²) < 4.78 is 0. The molecule has 3 rings (SSSR count). The SMILES string of the molecule is [CH2]C12CCCC1C1CCC2C1. The van der Waals surface area contributed by atoms with Crippen molar-refractivity contribution in [3.63, 3.8) is 0 Å². The zero-order chi connectivity index (χ0) is 7.47. The van der Waals surface area contributed by atoms with Gasteiger partial charge in [0.25, 0.3) is 0 Å². The molecular formula is C11H17. The highest BCUT2D eigenvalue weighted by molar-refractivity contribution is 5.09. The van der Waals surface area contributed by atoms with Gasteiger partial charge in [-0.05, 0) is 62.2 Å². The van der Waals surface area contributed by atoms with Crippen LogP contribution in [-0.2, 0) is 0 Å². The monoisotopic (exact) mass is 149 g/mol. The van der Waals surface area contributed by atoms with Crippen LogP contribution in [0.5, 0.6) is 0 Å². The van der Waals surface area contributed by atoms with Gasteiger partial charge in [-0.25, -0.2) is 0 Å². The highest BCUT2D eigenvalue weighted by Crippen LogP contribution is 2.65. The normalized spacial score (nSPS) is 60.3. The summed E-state index contributed by atoms with van der Waals surface area (Å²) in [6, 6.07) is 0. The van der Waals surface area contributed by atoms with Crippen molar-refractivity contribution in [2.75, 3.05) is 0 Å². The van der Waals surface area contributed by atoms with Crippen LogP contribution in [0.1, 0.15) is 38.5 Å². The van der Waals surface area contributed by atoms with Gasteiger partial charge in [0.2, 0.25) is 0 Å². The molecule has 0 aromatic heterocycles. The van der Waals surface area contributed by atoms with Gasteiger partial charge in [0.1, 0.15) is 0 Å². The summed E-state index contributed by atoms with van der Waals surface area (Å²) in [5.41, 5.74) is 0.572. The van der Waals surface area contributed by atoms with E-state index in [1.807, 2.05) is 0 Å². The Labute approximate surface area is 69.4 Å². The fourth-order valence-corrected chi connectivity index (χ4v) is 4.24. The van der Waals surface area contributed by atoms with Crippen LogP contribution in [0.25, 0.3) is 0 Å². The van der Waals surface area contributed by atoms with Crippen molar-refractivity contribution in [2.24, 2.45) is 23.2 Å². The number of hydrogen-bond donors (Lipinski definition) is 0. The molecule has 0 heteroatoms. The Morgan fingerprint density at radius 1 is 1.18 bits per heavy atom. The minimum absolute atomic E-state index is 0.572. The predicted molar refractivity (Wildman–Crippen MR) is 46.0 cm³/mol. The number of hydrogen-bond acceptors (Lipinski definition) is 0. The largest absolute Gasteiger partial charge is 0.0525 e. The highest BCUT2D eigenvalue weighted by Gasteiger charge is 2.56. The molecule has 0 amide bonds. The van der Waals surface area contributed by atoms with Crippen LogP contribution in [0.4, 0.5) is 0 Å². The van der Waals surface area contributed by atoms with Gasteiger partial charge in [-0.3, -0.25) is 0 Å². The van der Waals surface area contributed by atoms with Crippen LogP contribution in [0.3, 0.4) is 0 Å². The van der Waals surface area contributed by atoms with Crippen molar-refractivity contribution in [1.82, 2.24) is 0 Å². The summed E-state index contributed by atoms with van der Waals surface area (Å²) in [5.74, 6) is 3.17. The minimum Gasteiger partial charge on any atom is -0.0525 e. The Morgan fingerprint density at radius 2 is 2.09 bits per heavy atom. The van der Waals surface area contributed by atoms with E-state index in [2.05, 4.69) is 6.92 Å². The molecule has 0 aliphatic heterocycles. The van der Waals surface area contributed by atoms with Crippen molar-refractivity contribution >= 4 is 0 Å². The van der Waals surface area contributed by atoms with E-state index in [1.165, 1.54) is 38.5 Å². The molecule has 11 heavy (non-hydrogen) atoms. The summed E-state index contributed by atoms with van der Waals surface area (Å²) in [6.07, 6.45) is 9.00. The molecular weight excluding hydrogens is 132 g/mol. The smallest absolute Gasteiger partial charge is 0.0238 e. The molecule has 61 valence electrons. The Balaban J connectivity index is 2.00. The van der Waals surface area contributed by atoms with Crippen LogP contribution in [0, 0.1) is 30.1 Å². The summed E-state index contributed by atoms with van der Waals surface area (Å²) in [7, 11) is 0. The summed E-state index contributed by atoms with van der Waals surface area (Å²) in [4.78, 5) is 0. The first-order valence-electron chi connectivity index (χ1n) is 5.16. The summed E-state index contributed by atoms with van der Waals surface area (Å²) in [5, 5.41) is 0. The fourth-order valence-electron chi connectivity index (χ4n) is 4.24. The maximum Gasteiger partial charge on any atom is -0.0238 e. The lowest BCUT2D eigenvalue weighted by atomic mass is 9.69. The molecule has 3 saturated carbocycles. The average molecular weight is 149 g/mol. The molecule has 1 radical (unpaired) electrons. The lowest BCUT2D eigenvalue weighted by Crippen LogP contribution is -2.28. The lowest BCUT2D eigenvalue weighted by molar-refractivity contribution is 0.168. The zero-order valence-corrected chi connectivity index (χ0v) is 7.18. The molecule has 3 aliphatic carbocycles. The number of fused-ring (bicyclic) bond motifs is 5. The second-order valence-electron chi connectivity index (χ2n) is 5.00. The first kappa shape index (κ1) is 6.51. The van der Waals surface area contributed by atoms with Gasteiger partial charge >= 0.3 is 0 Å². The van der Waals surface area contributed by atoms with Gasteiger partial charge in [0.15, 0.2) is 0 Å². The molecule has 0 saturated heterocycles. The van der Waals surface area contributed by atoms with Gasteiger partial charge in [-0.1, -0.05) is 6.42 Å². The first-order chi connectivity index (χ1) is 5.31. The topological polar surface area (TPSA) is 0 Å². The molecule has 3 aliphatic rings. The quantitative estimate of drug-likeness (QED) is 0.496. The third kappa shape index (κ3) is 0.625. The molecule has 4 unspecified atom stereocenters. The van der Waals surface area contributed by atoms with Crippen LogP contribution < -0.4 is 0 Å². The van der Waals surface area contributed by atoms with E-state index >= 15 is 0 Å². The van der Waals surface area contributed by atoms with E-state index in [0.717, 1.165) is 17.8 Å². The maximum atomic E-state index is 4.51. The molecule has 0 nitrogen and oxygen atoms in total. The van der Waals surface area contributed by atoms with E-state index in [4.69, 9.17) is 0 Å². The molecule has 3 fully saturated rings. The summed E-state index contributed by atoms with van der Waals surface area (Å²) in [6.45, 7) is 4.51. The van der Waals surface area contributed by atoms with E-state index in [-0.39, 0.29) is 0 Å². The Morgan fingerprint density at radius 3 is 2.91 bits per heavy atom. The summed E-state index contributed by atoms with van der Waals surface area (Å²) >= 11 is 0. The fraction of sp³-hybridized carbons (Fsp3) is 0.909. The van der Waals surface area contributed by atoms with Crippen LogP contribution in [0.2, 0.25) is 0 Å². The Kier molecular flexibility index (Phi) is 1.09. The standard InChI is InChI=1S/C11H17/c1-11-6-2-3-10(11)8-4-5-9(11)7-8/h8-10H,1-7H2. The molecule has 0 N–H and O–H groups in total. The highest BCUT2D eigenvalue weighted by atomic mass is 14.6. The van der Waals surface area contributed by atoms with Crippen molar-refractivity contribution in [3.05, 3.63) is 6.92 Å². The van der Waals surface area contributed by atoms with Crippen molar-refractivity contribution in [2.45, 2.75) is 38.5 Å². The minimum atomic E-state index is 0.572. The van der Waals surface area contributed by atoms with Gasteiger partial charge in [0, 0.05) is 0 Å². The van der Waals surface area contributed by atoms with Crippen LogP contribution in [0.15, 0.2) is 0 Å². The molecule has 4 atom stereocenters. The van der Waals surface area contributed by atoms with Crippen LogP contribution in [-0.4, -0.2) is 0 Å². The lowest BCUT2D eigenvalue weighted by Gasteiger charge is -2.35. The second-order valence-corrected chi connectivity index (χ2v) is 5.00. The molecule has 0 aromatic carbocycles. The molecule has 2 bridgehead atoms. The maximum absolute atomic E-state index is 4.51. The molecule has 0 heterocycles. The molecule has 0 spiro atoms. The van der Waals surface area contributed by atoms with Gasteiger partial charge in [0.05, 0.1) is 0 Å². The van der Waals surface area contributed by atoms with Crippen molar-refractivity contribution in [1.29, 1.82) is 0 Å². The molecule has 0 aromatic rings. The van der Waals surface area contributed by atoms with E-state index in [0.29, 0.717) is 5.41 Å². The third-order valence-corrected chi connectivity index (χ3v) is 4.75. The van der Waals surface area contributed by atoms with E-state index in [9.17, 15) is 0 Å². The average Bonchev–Trinajstić information content (AvgIpc) is 2.54. The van der Waals surface area contributed by atoms with Crippen molar-refractivity contribution < 1.29 is 0 Å². The zero-order valence-electron chi connectivity index (χ0n) is 7.18. The number of rotatable bonds is 0. The van der Waals surface area contributed by atoms with Gasteiger partial charge in [-0.2, -0.15) is 0 Å². The van der Waals surface area contributed by atoms with Crippen LogP contribution >= 0.6 is 0 Å². The Hall–Kier alpha value is 0. The Bertz CT molecular complexity index is 184. The van der Waals surface area contributed by atoms with E-state index in [1.54, 1.807) is 0 Å². The van der Waals surface area contributed by atoms with Gasteiger partial charge < -0.3 is 0 Å². The van der Waals surface area contributed by atoms with E-state index < -0.39 is 0 Å². The first-order valence-corrected chi connectivity index (χ1v) is 5.16. The second kappa shape index (κ2) is 1.84. The van der Waals surface area contributed by atoms with Gasteiger partial charge in [-0.15, -0.1) is 0 Å². The predicted octanol–water partition coefficient (Wildman–Crippen LogP) is 3.04. The third-order valence-electron chi connectivity index (χ3n) is 4.75. The van der Waals surface area contributed by atoms with Crippen molar-refractivity contribution in [3.8, 4) is 0 Å².